The molecule has 0 amide bonds. The molecule has 0 aliphatic carbocycles. The van der Waals surface area contributed by atoms with Crippen molar-refractivity contribution in [1.82, 2.24) is 14.3 Å². The number of hydrogen-bond donors (Lipinski definition) is 1. The molecule has 0 radical (unpaired) electrons. The SMILES string of the molecule is CCn1cc(Cn2oc(=O)[nH]c2=O)c2cc(OCc3ccc(C(C)(C)C)cc3)ccc21. The molecule has 0 unspecified atom stereocenters. The summed E-state index contributed by atoms with van der Waals surface area (Å²) in [5.74, 6) is -0.0175. The fourth-order valence-electron chi connectivity index (χ4n) is 3.67. The lowest BCUT2D eigenvalue weighted by Crippen LogP contribution is -2.17. The van der Waals surface area contributed by atoms with Crippen LogP contribution in [0.4, 0.5) is 0 Å². The van der Waals surface area contributed by atoms with Crippen LogP contribution in [0.3, 0.4) is 0 Å². The maximum absolute atomic E-state index is 11.9. The van der Waals surface area contributed by atoms with Gasteiger partial charge in [-0.3, -0.25) is 0 Å². The molecule has 7 heteroatoms. The third-order valence-electron chi connectivity index (χ3n) is 5.44. The van der Waals surface area contributed by atoms with E-state index in [0.29, 0.717) is 6.61 Å². The van der Waals surface area contributed by atoms with Gasteiger partial charge in [-0.05, 0) is 41.7 Å². The fourth-order valence-corrected chi connectivity index (χ4v) is 3.67. The van der Waals surface area contributed by atoms with Gasteiger partial charge in [-0.2, -0.15) is 0 Å². The normalized spacial score (nSPS) is 11.9. The summed E-state index contributed by atoms with van der Waals surface area (Å²) in [5.41, 5.74) is 3.85. The van der Waals surface area contributed by atoms with E-state index in [2.05, 4.69) is 61.5 Å². The van der Waals surface area contributed by atoms with Crippen molar-refractivity contribution in [3.63, 3.8) is 0 Å². The number of H-pyrrole nitrogens is 1. The Hall–Kier alpha value is -3.48. The molecule has 2 heterocycles. The van der Waals surface area contributed by atoms with Crippen LogP contribution in [0.25, 0.3) is 10.9 Å². The van der Waals surface area contributed by atoms with Gasteiger partial charge in [-0.1, -0.05) is 45.0 Å². The molecule has 4 aromatic rings. The summed E-state index contributed by atoms with van der Waals surface area (Å²) in [5, 5.41) is 0.957. The zero-order chi connectivity index (χ0) is 22.2. The van der Waals surface area contributed by atoms with E-state index in [1.54, 1.807) is 0 Å². The monoisotopic (exact) mass is 421 g/mol. The summed E-state index contributed by atoms with van der Waals surface area (Å²) in [6, 6.07) is 14.4. The van der Waals surface area contributed by atoms with Crippen LogP contribution in [0.2, 0.25) is 0 Å². The summed E-state index contributed by atoms with van der Waals surface area (Å²) in [6.07, 6.45) is 1.97. The van der Waals surface area contributed by atoms with Crippen LogP contribution in [0.1, 0.15) is 44.4 Å². The van der Waals surface area contributed by atoms with Crippen LogP contribution < -0.4 is 16.2 Å². The van der Waals surface area contributed by atoms with Gasteiger partial charge in [0.2, 0.25) is 0 Å². The van der Waals surface area contributed by atoms with Gasteiger partial charge in [0, 0.05) is 29.2 Å². The van der Waals surface area contributed by atoms with Crippen molar-refractivity contribution >= 4 is 10.9 Å². The molecule has 2 aromatic heterocycles. The van der Waals surface area contributed by atoms with E-state index >= 15 is 0 Å². The largest absolute Gasteiger partial charge is 0.489 e. The Morgan fingerprint density at radius 1 is 1.06 bits per heavy atom. The third-order valence-corrected chi connectivity index (χ3v) is 5.44. The second-order valence-corrected chi connectivity index (χ2v) is 8.70. The summed E-state index contributed by atoms with van der Waals surface area (Å²) >= 11 is 0. The highest BCUT2D eigenvalue weighted by molar-refractivity contribution is 5.85. The molecule has 0 aliphatic heterocycles. The predicted octanol–water partition coefficient (Wildman–Crippen LogP) is 4.03. The van der Waals surface area contributed by atoms with Gasteiger partial charge in [0.15, 0.2) is 0 Å². The topological polar surface area (TPSA) is 82.2 Å². The first-order chi connectivity index (χ1) is 14.7. The van der Waals surface area contributed by atoms with Crippen molar-refractivity contribution in [2.75, 3.05) is 0 Å². The van der Waals surface area contributed by atoms with E-state index < -0.39 is 11.4 Å². The number of aryl methyl sites for hydroxylation is 1. The first-order valence-electron chi connectivity index (χ1n) is 10.4. The van der Waals surface area contributed by atoms with Gasteiger partial charge in [0.1, 0.15) is 12.4 Å². The molecule has 1 N–H and O–H groups in total. The molecular weight excluding hydrogens is 394 g/mol. The summed E-state index contributed by atoms with van der Waals surface area (Å²) in [7, 11) is 0. The minimum atomic E-state index is -0.759. The van der Waals surface area contributed by atoms with Gasteiger partial charge >= 0.3 is 11.4 Å². The molecule has 0 saturated heterocycles. The van der Waals surface area contributed by atoms with Crippen LogP contribution in [0.15, 0.2) is 62.8 Å². The van der Waals surface area contributed by atoms with E-state index in [1.165, 1.54) is 5.56 Å². The van der Waals surface area contributed by atoms with Crippen molar-refractivity contribution in [2.45, 2.75) is 52.8 Å². The Morgan fingerprint density at radius 3 is 2.42 bits per heavy atom. The highest BCUT2D eigenvalue weighted by Gasteiger charge is 2.14. The summed E-state index contributed by atoms with van der Waals surface area (Å²) in [6.45, 7) is 10.0. The smallest absolute Gasteiger partial charge is 0.440 e. The average Bonchev–Trinajstić information content (AvgIpc) is 3.24. The second-order valence-electron chi connectivity index (χ2n) is 8.70. The van der Waals surface area contributed by atoms with Crippen molar-refractivity contribution < 1.29 is 9.26 Å². The second kappa shape index (κ2) is 7.98. The Balaban J connectivity index is 1.58. The molecule has 162 valence electrons. The highest BCUT2D eigenvalue weighted by Crippen LogP contribution is 2.28. The molecule has 2 aromatic carbocycles. The van der Waals surface area contributed by atoms with E-state index in [4.69, 9.17) is 9.26 Å². The molecule has 4 rings (SSSR count). The molecule has 7 nitrogen and oxygen atoms in total. The zero-order valence-corrected chi connectivity index (χ0v) is 18.3. The van der Waals surface area contributed by atoms with Gasteiger partial charge in [0.25, 0.3) is 0 Å². The van der Waals surface area contributed by atoms with Gasteiger partial charge < -0.3 is 13.8 Å². The molecular formula is C24H27N3O4. The van der Waals surface area contributed by atoms with E-state index in [9.17, 15) is 9.59 Å². The number of fused-ring (bicyclic) bond motifs is 1. The predicted molar refractivity (Wildman–Crippen MR) is 120 cm³/mol. The van der Waals surface area contributed by atoms with Crippen LogP contribution in [-0.2, 0) is 25.1 Å². The molecule has 31 heavy (non-hydrogen) atoms. The zero-order valence-electron chi connectivity index (χ0n) is 18.3. The van der Waals surface area contributed by atoms with Crippen LogP contribution >= 0.6 is 0 Å². The third kappa shape index (κ3) is 4.35. The minimum absolute atomic E-state index is 0.119. The molecule has 0 bridgehead atoms. The fraction of sp³-hybridized carbons (Fsp3) is 0.333. The first-order valence-corrected chi connectivity index (χ1v) is 10.4. The first kappa shape index (κ1) is 20.8. The average molecular weight is 421 g/mol. The highest BCUT2D eigenvalue weighted by atomic mass is 16.5. The number of aromatic nitrogens is 3. The van der Waals surface area contributed by atoms with Gasteiger partial charge in [0.05, 0.1) is 6.54 Å². The Labute approximate surface area is 179 Å². The van der Waals surface area contributed by atoms with Crippen LogP contribution in [0.5, 0.6) is 5.75 Å². The Bertz CT molecular complexity index is 1310. The number of benzene rings is 2. The van der Waals surface area contributed by atoms with Crippen molar-refractivity contribution in [2.24, 2.45) is 0 Å². The van der Waals surface area contributed by atoms with Crippen molar-refractivity contribution in [3.05, 3.63) is 86.4 Å². The maximum Gasteiger partial charge on any atom is 0.440 e. The Morgan fingerprint density at radius 2 is 1.81 bits per heavy atom. The Kier molecular flexibility index (Phi) is 5.35. The number of hydrogen-bond acceptors (Lipinski definition) is 4. The van der Waals surface area contributed by atoms with Gasteiger partial charge in [-0.25, -0.2) is 14.6 Å². The molecule has 0 fully saturated rings. The minimum Gasteiger partial charge on any atom is -0.489 e. The van der Waals surface area contributed by atoms with Crippen molar-refractivity contribution in [1.29, 1.82) is 0 Å². The lowest BCUT2D eigenvalue weighted by Gasteiger charge is -2.19. The molecule has 0 saturated carbocycles. The van der Waals surface area contributed by atoms with Crippen LogP contribution in [-0.4, -0.2) is 14.3 Å². The lowest BCUT2D eigenvalue weighted by molar-refractivity contribution is 0.258. The lowest BCUT2D eigenvalue weighted by atomic mass is 9.87. The number of aromatic amines is 1. The number of nitrogens with zero attached hydrogens (tertiary/aromatic N) is 2. The standard InChI is InChI=1S/C24H27N3O4/c1-5-26-13-17(14-27-22(28)25-23(29)31-27)20-12-19(10-11-21(20)26)30-15-16-6-8-18(9-7-16)24(2,3)4/h6-13H,5,14-15H2,1-4H3,(H,25,28,29). The van der Waals surface area contributed by atoms with E-state index in [0.717, 1.165) is 39.1 Å². The summed E-state index contributed by atoms with van der Waals surface area (Å²) in [4.78, 5) is 25.3. The van der Waals surface area contributed by atoms with E-state index in [-0.39, 0.29) is 12.0 Å². The molecule has 0 atom stereocenters. The number of rotatable bonds is 6. The van der Waals surface area contributed by atoms with Crippen LogP contribution in [0, 0.1) is 0 Å². The van der Waals surface area contributed by atoms with Gasteiger partial charge in [-0.15, -0.1) is 4.74 Å². The van der Waals surface area contributed by atoms with Crippen molar-refractivity contribution in [3.8, 4) is 5.75 Å². The summed E-state index contributed by atoms with van der Waals surface area (Å²) < 4.78 is 14.1. The number of ether oxygens (including phenoxy) is 1. The number of nitrogens with one attached hydrogen (secondary N) is 1. The molecule has 0 aliphatic rings. The maximum atomic E-state index is 11.9. The quantitative estimate of drug-likeness (QED) is 0.510. The molecule has 0 spiro atoms. The van der Waals surface area contributed by atoms with E-state index in [1.807, 2.05) is 24.4 Å².